The molecule has 1 aromatic rings. The van der Waals surface area contributed by atoms with Crippen molar-refractivity contribution in [3.05, 3.63) is 17.0 Å². The van der Waals surface area contributed by atoms with E-state index >= 15 is 0 Å². The molecule has 1 aliphatic rings. The van der Waals surface area contributed by atoms with Gasteiger partial charge in [-0.25, -0.2) is 0 Å². The minimum absolute atomic E-state index is 0. The van der Waals surface area contributed by atoms with E-state index in [0.29, 0.717) is 0 Å². The number of aryl methyl sites for hydroxylation is 2. The number of aromatic nitrogens is 1. The Hall–Kier alpha value is -0.790. The molecule has 0 unspecified atom stereocenters. The molecule has 0 spiro atoms. The van der Waals surface area contributed by atoms with Crippen LogP contribution in [0.3, 0.4) is 0 Å². The molecular weight excluding hydrogens is 415 g/mol. The second-order valence-electron chi connectivity index (χ2n) is 6.53. The second-order valence-corrected chi connectivity index (χ2v) is 6.53. The van der Waals surface area contributed by atoms with Crippen LogP contribution in [0, 0.1) is 19.8 Å². The third kappa shape index (κ3) is 6.99. The van der Waals surface area contributed by atoms with Crippen LogP contribution < -0.4 is 10.6 Å². The molecule has 5 nitrogen and oxygen atoms in total. The lowest BCUT2D eigenvalue weighted by molar-refractivity contribution is 0.392. The fraction of sp³-hybridized carbons (Fsp3) is 0.778. The molecular formula is C18H33IN4O. The van der Waals surface area contributed by atoms with E-state index in [0.717, 1.165) is 49.4 Å². The van der Waals surface area contributed by atoms with Gasteiger partial charge in [-0.15, -0.1) is 24.0 Å². The first-order chi connectivity index (χ1) is 11.2. The fourth-order valence-electron chi connectivity index (χ4n) is 3.38. The molecule has 1 saturated carbocycles. The minimum Gasteiger partial charge on any atom is -0.361 e. The van der Waals surface area contributed by atoms with Crippen LogP contribution in [0.5, 0.6) is 0 Å². The summed E-state index contributed by atoms with van der Waals surface area (Å²) in [6, 6.07) is 0. The van der Waals surface area contributed by atoms with E-state index in [4.69, 9.17) is 9.52 Å². The average molecular weight is 448 g/mol. The molecule has 0 aromatic carbocycles. The molecule has 0 bridgehead atoms. The lowest BCUT2D eigenvalue weighted by Gasteiger charge is -2.12. The number of halogens is 1. The number of nitrogens with one attached hydrogen (secondary N) is 2. The van der Waals surface area contributed by atoms with Gasteiger partial charge in [0.15, 0.2) is 5.96 Å². The van der Waals surface area contributed by atoms with Crippen molar-refractivity contribution >= 4 is 29.9 Å². The van der Waals surface area contributed by atoms with Crippen molar-refractivity contribution in [3.8, 4) is 0 Å². The molecule has 6 heteroatoms. The Morgan fingerprint density at radius 2 is 2.00 bits per heavy atom. The van der Waals surface area contributed by atoms with Gasteiger partial charge < -0.3 is 15.2 Å². The SMILES string of the molecule is CCNC(=NCCCC1CCCC1)NCCc1c(C)noc1C.I. The van der Waals surface area contributed by atoms with E-state index in [2.05, 4.69) is 22.7 Å². The largest absolute Gasteiger partial charge is 0.361 e. The van der Waals surface area contributed by atoms with Crippen molar-refractivity contribution in [2.45, 2.75) is 65.7 Å². The summed E-state index contributed by atoms with van der Waals surface area (Å²) >= 11 is 0. The first-order valence-corrected chi connectivity index (χ1v) is 9.14. The molecule has 0 aliphatic heterocycles. The highest BCUT2D eigenvalue weighted by atomic mass is 127. The Morgan fingerprint density at radius 1 is 1.25 bits per heavy atom. The number of rotatable bonds is 8. The highest BCUT2D eigenvalue weighted by molar-refractivity contribution is 14.0. The van der Waals surface area contributed by atoms with Crippen LogP contribution in [0.15, 0.2) is 9.52 Å². The van der Waals surface area contributed by atoms with Gasteiger partial charge in [0.05, 0.1) is 5.69 Å². The summed E-state index contributed by atoms with van der Waals surface area (Å²) in [6.45, 7) is 8.71. The van der Waals surface area contributed by atoms with Crippen molar-refractivity contribution in [1.29, 1.82) is 0 Å². The summed E-state index contributed by atoms with van der Waals surface area (Å²) in [5, 5.41) is 10.7. The molecule has 24 heavy (non-hydrogen) atoms. The van der Waals surface area contributed by atoms with E-state index in [-0.39, 0.29) is 24.0 Å². The Kier molecular flexibility index (Phi) is 10.4. The molecule has 1 heterocycles. The topological polar surface area (TPSA) is 62.5 Å². The first kappa shape index (κ1) is 21.3. The van der Waals surface area contributed by atoms with Crippen LogP contribution in [-0.2, 0) is 6.42 Å². The van der Waals surface area contributed by atoms with Gasteiger partial charge in [0.1, 0.15) is 5.76 Å². The molecule has 0 saturated heterocycles. The Morgan fingerprint density at radius 3 is 2.62 bits per heavy atom. The summed E-state index contributed by atoms with van der Waals surface area (Å²) < 4.78 is 5.20. The predicted molar refractivity (Wildman–Crippen MR) is 110 cm³/mol. The zero-order valence-corrected chi connectivity index (χ0v) is 17.7. The lowest BCUT2D eigenvalue weighted by atomic mass is 10.0. The molecule has 1 aromatic heterocycles. The van der Waals surface area contributed by atoms with E-state index in [9.17, 15) is 0 Å². The van der Waals surface area contributed by atoms with Crippen LogP contribution in [0.2, 0.25) is 0 Å². The molecule has 2 N–H and O–H groups in total. The van der Waals surface area contributed by atoms with Gasteiger partial charge in [-0.1, -0.05) is 30.8 Å². The van der Waals surface area contributed by atoms with E-state index in [1.54, 1.807) is 0 Å². The van der Waals surface area contributed by atoms with Crippen molar-refractivity contribution < 1.29 is 4.52 Å². The normalized spacial score (nSPS) is 15.4. The summed E-state index contributed by atoms with van der Waals surface area (Å²) in [5.41, 5.74) is 2.19. The van der Waals surface area contributed by atoms with Crippen molar-refractivity contribution in [2.75, 3.05) is 19.6 Å². The number of guanidine groups is 1. The highest BCUT2D eigenvalue weighted by Gasteiger charge is 2.14. The van der Waals surface area contributed by atoms with Gasteiger partial charge in [-0.05, 0) is 46.0 Å². The van der Waals surface area contributed by atoms with Crippen molar-refractivity contribution in [3.63, 3.8) is 0 Å². The van der Waals surface area contributed by atoms with Crippen molar-refractivity contribution in [1.82, 2.24) is 15.8 Å². The monoisotopic (exact) mass is 448 g/mol. The van der Waals surface area contributed by atoms with E-state index < -0.39 is 0 Å². The first-order valence-electron chi connectivity index (χ1n) is 9.14. The predicted octanol–water partition coefficient (Wildman–Crippen LogP) is 3.98. The van der Waals surface area contributed by atoms with Crippen LogP contribution in [0.25, 0.3) is 0 Å². The third-order valence-corrected chi connectivity index (χ3v) is 4.71. The zero-order valence-electron chi connectivity index (χ0n) is 15.4. The van der Waals surface area contributed by atoms with Gasteiger partial charge in [0, 0.05) is 25.2 Å². The minimum atomic E-state index is 0. The summed E-state index contributed by atoms with van der Waals surface area (Å²) in [7, 11) is 0. The van der Waals surface area contributed by atoms with Gasteiger partial charge in [0.25, 0.3) is 0 Å². The lowest BCUT2D eigenvalue weighted by Crippen LogP contribution is -2.38. The van der Waals surface area contributed by atoms with E-state index in [1.807, 2.05) is 13.8 Å². The zero-order chi connectivity index (χ0) is 16.5. The average Bonchev–Trinajstić information content (AvgIpc) is 3.16. The van der Waals surface area contributed by atoms with Gasteiger partial charge in [-0.2, -0.15) is 0 Å². The summed E-state index contributed by atoms with van der Waals surface area (Å²) in [4.78, 5) is 4.69. The molecule has 1 fully saturated rings. The van der Waals surface area contributed by atoms with Crippen LogP contribution in [0.1, 0.15) is 62.5 Å². The Balaban J connectivity index is 0.00000288. The van der Waals surface area contributed by atoms with Gasteiger partial charge in [0.2, 0.25) is 0 Å². The molecule has 1 aliphatic carbocycles. The molecule has 0 amide bonds. The Labute approximate surface area is 163 Å². The number of nitrogens with zero attached hydrogens (tertiary/aromatic N) is 2. The summed E-state index contributed by atoms with van der Waals surface area (Å²) in [6.07, 6.45) is 9.17. The molecule has 0 atom stereocenters. The Bertz CT molecular complexity index is 476. The molecule has 0 radical (unpaired) electrons. The van der Waals surface area contributed by atoms with E-state index in [1.165, 1.54) is 44.1 Å². The molecule has 138 valence electrons. The maximum atomic E-state index is 5.20. The number of hydrogen-bond donors (Lipinski definition) is 2. The highest BCUT2D eigenvalue weighted by Crippen LogP contribution is 2.28. The maximum Gasteiger partial charge on any atom is 0.191 e. The van der Waals surface area contributed by atoms with Crippen LogP contribution in [0.4, 0.5) is 0 Å². The number of hydrogen-bond acceptors (Lipinski definition) is 3. The molecule has 2 rings (SSSR count). The van der Waals surface area contributed by atoms with Crippen LogP contribution >= 0.6 is 24.0 Å². The van der Waals surface area contributed by atoms with Gasteiger partial charge >= 0.3 is 0 Å². The second kappa shape index (κ2) is 11.7. The quantitative estimate of drug-likeness (QED) is 0.273. The number of aliphatic imine (C=N–C) groups is 1. The third-order valence-electron chi connectivity index (χ3n) is 4.71. The fourth-order valence-corrected chi connectivity index (χ4v) is 3.38. The van der Waals surface area contributed by atoms with Crippen LogP contribution in [-0.4, -0.2) is 30.8 Å². The smallest absolute Gasteiger partial charge is 0.191 e. The summed E-state index contributed by atoms with van der Waals surface area (Å²) in [5.74, 6) is 2.80. The van der Waals surface area contributed by atoms with Gasteiger partial charge in [-0.3, -0.25) is 4.99 Å². The van der Waals surface area contributed by atoms with Crippen molar-refractivity contribution in [2.24, 2.45) is 10.9 Å². The standard InChI is InChI=1S/C18H32N4O.HI/c1-4-19-18(20-12-7-10-16-8-5-6-9-16)21-13-11-17-14(2)22-23-15(17)3;/h16H,4-13H2,1-3H3,(H2,19,20,21);1H. The maximum absolute atomic E-state index is 5.20.